The molecule has 0 bridgehead atoms. The molecule has 0 aromatic carbocycles. The van der Waals surface area contributed by atoms with Gasteiger partial charge in [-0.3, -0.25) is 0 Å². The van der Waals surface area contributed by atoms with Crippen LogP contribution >= 0.6 is 11.6 Å². The summed E-state index contributed by atoms with van der Waals surface area (Å²) in [6, 6.07) is 0.136. The molecule has 0 saturated carbocycles. The zero-order chi connectivity index (χ0) is 14.9. The van der Waals surface area contributed by atoms with E-state index in [1.165, 1.54) is 17.3 Å². The largest absolute Gasteiger partial charge is 0.463 e. The molecular formula is C11H15ClN6O3. The maximum absolute atomic E-state index is 5.82. The summed E-state index contributed by atoms with van der Waals surface area (Å²) in [7, 11) is 1.63. The van der Waals surface area contributed by atoms with Crippen LogP contribution in [0.2, 0.25) is 5.28 Å². The van der Waals surface area contributed by atoms with Crippen LogP contribution in [0.25, 0.3) is 5.95 Å². The average Bonchev–Trinajstić information content (AvgIpc) is 3.00. The lowest BCUT2D eigenvalue weighted by Gasteiger charge is -2.06. The Hall–Kier alpha value is -1.84. The van der Waals surface area contributed by atoms with Crippen LogP contribution < -0.4 is 4.74 Å². The van der Waals surface area contributed by atoms with Crippen molar-refractivity contribution in [1.29, 1.82) is 0 Å². The first-order valence-electron chi connectivity index (χ1n) is 6.25. The SMILES string of the molecule is COCCOCCCOc1nc(Cl)nc(-n2cncn2)n1. The Balaban J connectivity index is 1.81. The van der Waals surface area contributed by atoms with Crippen LogP contribution in [0.4, 0.5) is 0 Å². The van der Waals surface area contributed by atoms with Gasteiger partial charge in [-0.25, -0.2) is 4.98 Å². The Morgan fingerprint density at radius 1 is 1.14 bits per heavy atom. The summed E-state index contributed by atoms with van der Waals surface area (Å²) in [5.74, 6) is 0.249. The fourth-order valence-electron chi connectivity index (χ4n) is 1.37. The fourth-order valence-corrected chi connectivity index (χ4v) is 1.52. The average molecular weight is 315 g/mol. The molecule has 0 aliphatic carbocycles. The minimum absolute atomic E-state index is 0.0295. The van der Waals surface area contributed by atoms with Crippen LogP contribution in [0.5, 0.6) is 6.01 Å². The van der Waals surface area contributed by atoms with E-state index in [0.717, 1.165) is 0 Å². The minimum atomic E-state index is 0.0295. The summed E-state index contributed by atoms with van der Waals surface area (Å²) < 4.78 is 17.0. The van der Waals surface area contributed by atoms with Crippen molar-refractivity contribution < 1.29 is 14.2 Å². The lowest BCUT2D eigenvalue weighted by atomic mass is 10.5. The van der Waals surface area contributed by atoms with Crippen LogP contribution in [-0.4, -0.2) is 63.3 Å². The summed E-state index contributed by atoms with van der Waals surface area (Å²) in [5.41, 5.74) is 0. The second-order valence-electron chi connectivity index (χ2n) is 3.83. The Morgan fingerprint density at radius 2 is 2.05 bits per heavy atom. The number of ether oxygens (including phenoxy) is 3. The molecule has 114 valence electrons. The number of nitrogens with zero attached hydrogens (tertiary/aromatic N) is 6. The van der Waals surface area contributed by atoms with E-state index < -0.39 is 0 Å². The molecule has 2 heterocycles. The smallest absolute Gasteiger partial charge is 0.322 e. The van der Waals surface area contributed by atoms with Gasteiger partial charge in [-0.15, -0.1) is 0 Å². The minimum Gasteiger partial charge on any atom is -0.463 e. The lowest BCUT2D eigenvalue weighted by molar-refractivity contribution is 0.0639. The molecule has 0 spiro atoms. The molecule has 0 unspecified atom stereocenters. The van der Waals surface area contributed by atoms with Gasteiger partial charge in [-0.1, -0.05) is 0 Å². The van der Waals surface area contributed by atoms with Gasteiger partial charge in [0.2, 0.25) is 5.28 Å². The van der Waals surface area contributed by atoms with Gasteiger partial charge < -0.3 is 14.2 Å². The molecule has 9 nitrogen and oxygen atoms in total. The fraction of sp³-hybridized carbons (Fsp3) is 0.545. The molecule has 2 aromatic rings. The predicted molar refractivity (Wildman–Crippen MR) is 72.6 cm³/mol. The molecule has 0 aliphatic rings. The number of methoxy groups -OCH3 is 1. The van der Waals surface area contributed by atoms with E-state index in [4.69, 9.17) is 25.8 Å². The Bertz CT molecular complexity index is 539. The van der Waals surface area contributed by atoms with Crippen LogP contribution in [0, 0.1) is 0 Å². The maximum Gasteiger partial charge on any atom is 0.322 e. The van der Waals surface area contributed by atoms with Crippen molar-refractivity contribution in [2.45, 2.75) is 6.42 Å². The normalized spacial score (nSPS) is 10.8. The highest BCUT2D eigenvalue weighted by Gasteiger charge is 2.08. The number of halogens is 1. The van der Waals surface area contributed by atoms with E-state index >= 15 is 0 Å². The van der Waals surface area contributed by atoms with Crippen molar-refractivity contribution in [2.24, 2.45) is 0 Å². The molecule has 2 rings (SSSR count). The molecule has 0 fully saturated rings. The zero-order valence-corrected chi connectivity index (χ0v) is 12.2. The van der Waals surface area contributed by atoms with E-state index in [2.05, 4.69) is 25.0 Å². The van der Waals surface area contributed by atoms with E-state index in [-0.39, 0.29) is 17.2 Å². The molecule has 21 heavy (non-hydrogen) atoms. The van der Waals surface area contributed by atoms with E-state index in [9.17, 15) is 0 Å². The first-order chi connectivity index (χ1) is 10.3. The van der Waals surface area contributed by atoms with Crippen molar-refractivity contribution in [2.75, 3.05) is 33.5 Å². The quantitative estimate of drug-likeness (QED) is 0.619. The standard InChI is InChI=1S/C11H15ClN6O3/c1-19-5-6-20-3-2-4-21-11-16-9(12)15-10(17-11)18-8-13-7-14-18/h7-8H,2-6H2,1H3. The van der Waals surface area contributed by atoms with E-state index in [0.29, 0.717) is 32.8 Å². The van der Waals surface area contributed by atoms with E-state index in [1.807, 2.05) is 0 Å². The summed E-state index contributed by atoms with van der Waals surface area (Å²) in [4.78, 5) is 15.7. The lowest BCUT2D eigenvalue weighted by Crippen LogP contribution is -2.10. The number of aromatic nitrogens is 6. The second-order valence-corrected chi connectivity index (χ2v) is 4.17. The van der Waals surface area contributed by atoms with E-state index in [1.54, 1.807) is 7.11 Å². The summed E-state index contributed by atoms with van der Waals surface area (Å²) >= 11 is 5.82. The number of rotatable bonds is 9. The molecule has 10 heteroatoms. The first kappa shape index (κ1) is 15.5. The Kier molecular flexibility index (Phi) is 6.25. The van der Waals surface area contributed by atoms with Gasteiger partial charge >= 0.3 is 6.01 Å². The van der Waals surface area contributed by atoms with Crippen LogP contribution in [-0.2, 0) is 9.47 Å². The number of hydrogen-bond acceptors (Lipinski definition) is 8. The third kappa shape index (κ3) is 5.21. The highest BCUT2D eigenvalue weighted by molar-refractivity contribution is 6.28. The molecule has 0 atom stereocenters. The van der Waals surface area contributed by atoms with Crippen molar-refractivity contribution >= 4 is 11.6 Å². The third-order valence-electron chi connectivity index (χ3n) is 2.30. The second kappa shape index (κ2) is 8.45. The summed E-state index contributed by atoms with van der Waals surface area (Å²) in [6.07, 6.45) is 3.53. The monoisotopic (exact) mass is 314 g/mol. The highest BCUT2D eigenvalue weighted by Crippen LogP contribution is 2.10. The van der Waals surface area contributed by atoms with Gasteiger partial charge in [-0.05, 0) is 11.6 Å². The van der Waals surface area contributed by atoms with Gasteiger partial charge in [0.1, 0.15) is 12.7 Å². The molecular weight excluding hydrogens is 300 g/mol. The molecule has 2 aromatic heterocycles. The Morgan fingerprint density at radius 3 is 2.81 bits per heavy atom. The van der Waals surface area contributed by atoms with Crippen molar-refractivity contribution in [1.82, 2.24) is 29.7 Å². The van der Waals surface area contributed by atoms with Gasteiger partial charge in [0.15, 0.2) is 0 Å². The van der Waals surface area contributed by atoms with Gasteiger partial charge in [0, 0.05) is 20.1 Å². The zero-order valence-electron chi connectivity index (χ0n) is 11.5. The first-order valence-corrected chi connectivity index (χ1v) is 6.63. The number of hydrogen-bond donors (Lipinski definition) is 0. The molecule has 0 aliphatic heterocycles. The van der Waals surface area contributed by atoms with Crippen molar-refractivity contribution in [3.63, 3.8) is 0 Å². The third-order valence-corrected chi connectivity index (χ3v) is 2.46. The molecule has 0 saturated heterocycles. The predicted octanol–water partition coefficient (Wildman–Crippen LogP) is 0.538. The van der Waals surface area contributed by atoms with Crippen LogP contribution in [0.3, 0.4) is 0 Å². The maximum atomic E-state index is 5.82. The van der Waals surface area contributed by atoms with Crippen molar-refractivity contribution in [3.05, 3.63) is 17.9 Å². The Labute approximate surface area is 126 Å². The van der Waals surface area contributed by atoms with Crippen LogP contribution in [0.15, 0.2) is 12.7 Å². The highest BCUT2D eigenvalue weighted by atomic mass is 35.5. The van der Waals surface area contributed by atoms with Gasteiger partial charge in [0.25, 0.3) is 5.95 Å². The molecule has 0 amide bonds. The summed E-state index contributed by atoms with van der Waals surface area (Å²) in [5, 5.41) is 3.94. The van der Waals surface area contributed by atoms with Gasteiger partial charge in [-0.2, -0.15) is 24.7 Å². The molecule has 0 radical (unpaired) electrons. The van der Waals surface area contributed by atoms with Crippen molar-refractivity contribution in [3.8, 4) is 12.0 Å². The topological polar surface area (TPSA) is 97.1 Å². The molecule has 0 N–H and O–H groups in total. The van der Waals surface area contributed by atoms with Crippen LogP contribution in [0.1, 0.15) is 6.42 Å². The summed E-state index contributed by atoms with van der Waals surface area (Å²) in [6.45, 7) is 2.11. The van der Waals surface area contributed by atoms with Gasteiger partial charge in [0.05, 0.1) is 19.8 Å².